The minimum absolute atomic E-state index is 0.0417. The van der Waals surface area contributed by atoms with Crippen molar-refractivity contribution in [1.82, 2.24) is 15.0 Å². The molecule has 0 bridgehead atoms. The number of hydrogen-bond acceptors (Lipinski definition) is 7. The van der Waals surface area contributed by atoms with E-state index < -0.39 is 12.1 Å². The van der Waals surface area contributed by atoms with Gasteiger partial charge in [0.05, 0.1) is 18.3 Å². The first kappa shape index (κ1) is 17.8. The summed E-state index contributed by atoms with van der Waals surface area (Å²) < 4.78 is 18.1. The van der Waals surface area contributed by atoms with E-state index in [4.69, 9.17) is 4.74 Å². The minimum Gasteiger partial charge on any atom is -0.450 e. The van der Waals surface area contributed by atoms with Crippen LogP contribution in [0.25, 0.3) is 11.3 Å². The summed E-state index contributed by atoms with van der Waals surface area (Å²) >= 11 is 1.32. The lowest BCUT2D eigenvalue weighted by atomic mass is 10.1. The molecule has 0 saturated heterocycles. The number of carbonyl (C=O) groups is 2. The molecule has 2 heterocycles. The van der Waals surface area contributed by atoms with Gasteiger partial charge >= 0.3 is 5.97 Å². The fourth-order valence-corrected chi connectivity index (χ4v) is 2.94. The smallest absolute Gasteiger partial charge is 0.359 e. The van der Waals surface area contributed by atoms with Crippen molar-refractivity contribution in [1.29, 1.82) is 0 Å². The van der Waals surface area contributed by atoms with Gasteiger partial charge in [0.2, 0.25) is 0 Å². The van der Waals surface area contributed by atoms with Crippen LogP contribution >= 0.6 is 11.3 Å². The molecule has 3 rings (SSSR count). The van der Waals surface area contributed by atoms with Crippen molar-refractivity contribution in [2.24, 2.45) is 0 Å². The monoisotopic (exact) mass is 371 g/mol. The molecule has 0 aliphatic heterocycles. The van der Waals surface area contributed by atoms with E-state index in [-0.39, 0.29) is 23.7 Å². The molecule has 0 aliphatic carbocycles. The maximum atomic E-state index is 13.0. The van der Waals surface area contributed by atoms with Gasteiger partial charge in [-0.05, 0) is 31.2 Å². The number of Topliss-reactive ketones (excluding diaryl/α,β-unsaturated/α-hetero) is 1. The fourth-order valence-electron chi connectivity index (χ4n) is 2.13. The second kappa shape index (κ2) is 7.92. The maximum absolute atomic E-state index is 13.0. The lowest BCUT2D eigenvalue weighted by molar-refractivity contribution is -0.126. The first-order valence-electron chi connectivity index (χ1n) is 7.73. The van der Waals surface area contributed by atoms with Gasteiger partial charge in [0.15, 0.2) is 17.6 Å². The van der Waals surface area contributed by atoms with Crippen LogP contribution in [0.4, 0.5) is 4.39 Å². The third kappa shape index (κ3) is 4.34. The average Bonchev–Trinajstić information content (AvgIpc) is 3.11. The van der Waals surface area contributed by atoms with E-state index in [1.165, 1.54) is 49.0 Å². The van der Waals surface area contributed by atoms with E-state index in [1.807, 2.05) is 0 Å². The molecule has 2 aromatic heterocycles. The number of ether oxygens (including phenoxy) is 1. The van der Waals surface area contributed by atoms with E-state index in [2.05, 4.69) is 15.0 Å². The SMILES string of the molecule is C[C@@H](OC(=O)c1cnccn1)C(=O)Cc1nc(-c2ccc(F)cc2)cs1. The zero-order valence-electron chi connectivity index (χ0n) is 13.8. The molecular formula is C18H14FN3O3S. The number of nitrogens with zero attached hydrogens (tertiary/aromatic N) is 3. The highest BCUT2D eigenvalue weighted by Crippen LogP contribution is 2.22. The number of esters is 1. The maximum Gasteiger partial charge on any atom is 0.359 e. The molecular weight excluding hydrogens is 357 g/mol. The van der Waals surface area contributed by atoms with E-state index in [9.17, 15) is 14.0 Å². The van der Waals surface area contributed by atoms with Crippen LogP contribution in [0, 0.1) is 5.82 Å². The van der Waals surface area contributed by atoms with Crippen LogP contribution in [0.5, 0.6) is 0 Å². The Balaban J connectivity index is 1.61. The summed E-state index contributed by atoms with van der Waals surface area (Å²) in [5.74, 6) is -1.30. The molecule has 0 N–H and O–H groups in total. The highest BCUT2D eigenvalue weighted by atomic mass is 32.1. The van der Waals surface area contributed by atoms with Gasteiger partial charge in [-0.25, -0.2) is 19.2 Å². The molecule has 1 aromatic carbocycles. The summed E-state index contributed by atoms with van der Waals surface area (Å²) in [5.41, 5.74) is 1.48. The number of hydrogen-bond donors (Lipinski definition) is 0. The zero-order valence-corrected chi connectivity index (χ0v) is 14.6. The van der Waals surface area contributed by atoms with Crippen LogP contribution in [0.3, 0.4) is 0 Å². The largest absolute Gasteiger partial charge is 0.450 e. The number of ketones is 1. The number of rotatable bonds is 6. The molecule has 0 fully saturated rings. The lowest BCUT2D eigenvalue weighted by Gasteiger charge is -2.10. The number of benzene rings is 1. The number of thiazole rings is 1. The number of aromatic nitrogens is 3. The number of carbonyl (C=O) groups excluding carboxylic acids is 2. The molecule has 3 aromatic rings. The van der Waals surface area contributed by atoms with Gasteiger partial charge in [0, 0.05) is 23.3 Å². The molecule has 0 radical (unpaired) electrons. The summed E-state index contributed by atoms with van der Waals surface area (Å²) in [6.07, 6.45) is 3.20. The van der Waals surface area contributed by atoms with Gasteiger partial charge < -0.3 is 4.74 Å². The Bertz CT molecular complexity index is 913. The molecule has 0 unspecified atom stereocenters. The quantitative estimate of drug-likeness (QED) is 0.619. The molecule has 0 saturated carbocycles. The van der Waals surface area contributed by atoms with Crippen LogP contribution in [0.15, 0.2) is 48.2 Å². The normalized spacial score (nSPS) is 11.8. The summed E-state index contributed by atoms with van der Waals surface area (Å²) in [6, 6.07) is 5.96. The Morgan fingerprint density at radius 1 is 1.23 bits per heavy atom. The van der Waals surface area contributed by atoms with Crippen molar-refractivity contribution >= 4 is 23.1 Å². The van der Waals surface area contributed by atoms with E-state index in [0.29, 0.717) is 10.7 Å². The Morgan fingerprint density at radius 2 is 2.00 bits per heavy atom. The Hall–Kier alpha value is -3.00. The second-order valence-corrected chi connectivity index (χ2v) is 6.36. The van der Waals surface area contributed by atoms with Gasteiger partial charge in [0.25, 0.3) is 0 Å². The zero-order chi connectivity index (χ0) is 18.5. The molecule has 0 spiro atoms. The average molecular weight is 371 g/mol. The summed E-state index contributed by atoms with van der Waals surface area (Å²) in [7, 11) is 0. The van der Waals surface area contributed by atoms with Gasteiger partial charge in [0.1, 0.15) is 10.8 Å². The van der Waals surface area contributed by atoms with Crippen LogP contribution in [0.1, 0.15) is 22.4 Å². The molecule has 132 valence electrons. The summed E-state index contributed by atoms with van der Waals surface area (Å²) in [5, 5.41) is 2.39. The predicted octanol–water partition coefficient (Wildman–Crippen LogP) is 3.10. The van der Waals surface area contributed by atoms with Gasteiger partial charge in [-0.1, -0.05) is 0 Å². The highest BCUT2D eigenvalue weighted by molar-refractivity contribution is 7.10. The standard InChI is InChI=1S/C18H14FN3O3S/c1-11(25-18(24)14-9-20-6-7-21-14)16(23)8-17-22-15(10-26-17)12-2-4-13(19)5-3-12/h2-7,9-11H,8H2,1H3/t11-/m1/s1. The van der Waals surface area contributed by atoms with Crippen molar-refractivity contribution in [2.75, 3.05) is 0 Å². The van der Waals surface area contributed by atoms with E-state index in [1.54, 1.807) is 17.5 Å². The van der Waals surface area contributed by atoms with Crippen molar-refractivity contribution in [3.8, 4) is 11.3 Å². The van der Waals surface area contributed by atoms with E-state index in [0.717, 1.165) is 5.56 Å². The summed E-state index contributed by atoms with van der Waals surface area (Å²) in [4.78, 5) is 36.2. The van der Waals surface area contributed by atoms with Crippen molar-refractivity contribution in [2.45, 2.75) is 19.4 Å². The van der Waals surface area contributed by atoms with Crippen LogP contribution in [0.2, 0.25) is 0 Å². The highest BCUT2D eigenvalue weighted by Gasteiger charge is 2.21. The van der Waals surface area contributed by atoms with Crippen molar-refractivity contribution < 1.29 is 18.7 Å². The summed E-state index contributed by atoms with van der Waals surface area (Å²) in [6.45, 7) is 1.51. The predicted molar refractivity (Wildman–Crippen MR) is 93.1 cm³/mol. The van der Waals surface area contributed by atoms with Crippen LogP contribution in [-0.4, -0.2) is 32.8 Å². The molecule has 1 atom stereocenters. The third-order valence-corrected chi connectivity index (χ3v) is 4.38. The molecule has 6 nitrogen and oxygen atoms in total. The molecule has 26 heavy (non-hydrogen) atoms. The first-order valence-corrected chi connectivity index (χ1v) is 8.61. The molecule has 8 heteroatoms. The Labute approximate surface area is 152 Å². The van der Waals surface area contributed by atoms with Crippen LogP contribution < -0.4 is 0 Å². The third-order valence-electron chi connectivity index (χ3n) is 3.53. The van der Waals surface area contributed by atoms with Crippen molar-refractivity contribution in [3.63, 3.8) is 0 Å². The Morgan fingerprint density at radius 3 is 2.69 bits per heavy atom. The van der Waals surface area contributed by atoms with Gasteiger partial charge in [-0.3, -0.25) is 9.78 Å². The lowest BCUT2D eigenvalue weighted by Crippen LogP contribution is -2.26. The topological polar surface area (TPSA) is 82.0 Å². The second-order valence-electron chi connectivity index (χ2n) is 5.41. The van der Waals surface area contributed by atoms with Crippen molar-refractivity contribution in [3.05, 3.63) is 64.8 Å². The fraction of sp³-hybridized carbons (Fsp3) is 0.167. The number of halogens is 1. The van der Waals surface area contributed by atoms with Gasteiger partial charge in [-0.15, -0.1) is 11.3 Å². The Kier molecular flexibility index (Phi) is 5.43. The van der Waals surface area contributed by atoms with Gasteiger partial charge in [-0.2, -0.15) is 0 Å². The van der Waals surface area contributed by atoms with E-state index >= 15 is 0 Å². The van der Waals surface area contributed by atoms with Crippen LogP contribution in [-0.2, 0) is 16.0 Å². The molecule has 0 aliphatic rings. The molecule has 0 amide bonds. The minimum atomic E-state index is -0.928. The first-order chi connectivity index (χ1) is 12.5.